The van der Waals surface area contributed by atoms with Crippen molar-refractivity contribution in [3.63, 3.8) is 0 Å². The third-order valence-electron chi connectivity index (χ3n) is 4.45. The van der Waals surface area contributed by atoms with Gasteiger partial charge in [0.1, 0.15) is 0 Å². The van der Waals surface area contributed by atoms with Gasteiger partial charge >= 0.3 is 6.18 Å². The minimum absolute atomic E-state index is 0.134. The van der Waals surface area contributed by atoms with E-state index in [1.165, 1.54) is 0 Å². The number of hydrogen-bond donors (Lipinski definition) is 1. The van der Waals surface area contributed by atoms with Crippen molar-refractivity contribution >= 4 is 0 Å². The Labute approximate surface area is 121 Å². The molecule has 20 heavy (non-hydrogen) atoms. The minimum Gasteiger partial charge on any atom is -0.314 e. The maximum absolute atomic E-state index is 12.7. The highest BCUT2D eigenvalue weighted by Crippen LogP contribution is 2.35. The Balaban J connectivity index is 2.44. The van der Waals surface area contributed by atoms with Crippen LogP contribution in [0.25, 0.3) is 0 Å². The van der Waals surface area contributed by atoms with Crippen molar-refractivity contribution in [2.75, 3.05) is 26.2 Å². The van der Waals surface area contributed by atoms with Crippen molar-refractivity contribution in [1.82, 2.24) is 10.2 Å². The zero-order valence-corrected chi connectivity index (χ0v) is 13.2. The van der Waals surface area contributed by atoms with Crippen LogP contribution in [0.4, 0.5) is 13.2 Å². The lowest BCUT2D eigenvalue weighted by atomic mass is 9.85. The molecule has 120 valence electrons. The van der Waals surface area contributed by atoms with Crippen molar-refractivity contribution < 1.29 is 13.2 Å². The van der Waals surface area contributed by atoms with Crippen LogP contribution in [0.15, 0.2) is 0 Å². The Morgan fingerprint density at radius 2 is 1.75 bits per heavy atom. The predicted molar refractivity (Wildman–Crippen MR) is 76.8 cm³/mol. The van der Waals surface area contributed by atoms with Gasteiger partial charge in [-0.3, -0.25) is 0 Å². The molecular weight excluding hydrogens is 265 g/mol. The smallest absolute Gasteiger partial charge is 0.314 e. The average molecular weight is 294 g/mol. The summed E-state index contributed by atoms with van der Waals surface area (Å²) in [6, 6.07) is 0.442. The molecule has 1 aliphatic heterocycles. The van der Waals surface area contributed by atoms with Crippen molar-refractivity contribution in [2.24, 2.45) is 11.3 Å². The molecule has 0 aromatic carbocycles. The van der Waals surface area contributed by atoms with Crippen LogP contribution in [-0.2, 0) is 0 Å². The summed E-state index contributed by atoms with van der Waals surface area (Å²) in [5.74, 6) is -1.10. The molecule has 0 bridgehead atoms. The molecule has 0 aliphatic carbocycles. The number of nitrogens with one attached hydrogen (secondary N) is 1. The first-order chi connectivity index (χ1) is 9.16. The minimum atomic E-state index is -4.01. The van der Waals surface area contributed by atoms with E-state index in [0.29, 0.717) is 19.1 Å². The van der Waals surface area contributed by atoms with Crippen molar-refractivity contribution in [2.45, 2.75) is 59.2 Å². The van der Waals surface area contributed by atoms with E-state index in [2.05, 4.69) is 37.9 Å². The second-order valence-electron chi connectivity index (χ2n) is 6.79. The van der Waals surface area contributed by atoms with Gasteiger partial charge in [-0.25, -0.2) is 0 Å². The lowest BCUT2D eigenvalue weighted by Crippen LogP contribution is -2.47. The summed E-state index contributed by atoms with van der Waals surface area (Å²) < 4.78 is 38.0. The van der Waals surface area contributed by atoms with Crippen LogP contribution in [0, 0.1) is 11.3 Å². The number of likely N-dealkylation sites (tertiary alicyclic amines) is 1. The first-order valence-corrected chi connectivity index (χ1v) is 7.69. The number of alkyl halides is 3. The van der Waals surface area contributed by atoms with E-state index in [1.807, 2.05) is 0 Å². The van der Waals surface area contributed by atoms with E-state index in [4.69, 9.17) is 0 Å². The first-order valence-electron chi connectivity index (χ1n) is 7.69. The molecule has 1 aliphatic rings. The lowest BCUT2D eigenvalue weighted by molar-refractivity contribution is -0.185. The van der Waals surface area contributed by atoms with Gasteiger partial charge in [0.2, 0.25) is 0 Å². The highest BCUT2D eigenvalue weighted by atomic mass is 19.4. The third kappa shape index (κ3) is 5.60. The van der Waals surface area contributed by atoms with Crippen LogP contribution in [0.1, 0.15) is 47.0 Å². The number of rotatable bonds is 6. The molecule has 0 amide bonds. The van der Waals surface area contributed by atoms with E-state index in [9.17, 15) is 13.2 Å². The molecule has 0 aromatic rings. The normalized spacial score (nSPS) is 22.2. The fourth-order valence-electron chi connectivity index (χ4n) is 2.70. The third-order valence-corrected chi connectivity index (χ3v) is 4.45. The number of nitrogens with zero attached hydrogens (tertiary/aromatic N) is 1. The molecule has 1 atom stereocenters. The van der Waals surface area contributed by atoms with Crippen molar-refractivity contribution in [1.29, 1.82) is 0 Å². The van der Waals surface area contributed by atoms with E-state index in [0.717, 1.165) is 19.5 Å². The predicted octanol–water partition coefficient (Wildman–Crippen LogP) is 3.68. The van der Waals surface area contributed by atoms with Gasteiger partial charge in [0, 0.05) is 19.1 Å². The second kappa shape index (κ2) is 7.12. The van der Waals surface area contributed by atoms with Gasteiger partial charge in [-0.05, 0) is 37.8 Å². The first kappa shape index (κ1) is 17.8. The zero-order chi connectivity index (χ0) is 15.4. The van der Waals surface area contributed by atoms with E-state index >= 15 is 0 Å². The number of piperidine rings is 1. The highest BCUT2D eigenvalue weighted by Gasteiger charge is 2.41. The van der Waals surface area contributed by atoms with Crippen LogP contribution >= 0.6 is 0 Å². The van der Waals surface area contributed by atoms with Gasteiger partial charge in [-0.2, -0.15) is 13.2 Å². The Kier molecular flexibility index (Phi) is 6.32. The molecule has 2 nitrogen and oxygen atoms in total. The Bertz CT molecular complexity index is 283. The van der Waals surface area contributed by atoms with Crippen LogP contribution < -0.4 is 5.32 Å². The number of hydrogen-bond acceptors (Lipinski definition) is 2. The van der Waals surface area contributed by atoms with Gasteiger partial charge in [-0.15, -0.1) is 0 Å². The molecule has 1 unspecified atom stereocenters. The van der Waals surface area contributed by atoms with Gasteiger partial charge in [0.15, 0.2) is 0 Å². The van der Waals surface area contributed by atoms with Gasteiger partial charge in [-0.1, -0.05) is 27.7 Å². The fourth-order valence-corrected chi connectivity index (χ4v) is 2.70. The molecule has 5 heteroatoms. The molecule has 1 rings (SSSR count). The van der Waals surface area contributed by atoms with Crippen LogP contribution in [-0.4, -0.2) is 43.3 Å². The van der Waals surface area contributed by atoms with Gasteiger partial charge in [0.05, 0.1) is 5.92 Å². The SMILES string of the molecule is CCC(C)(CNC(C)C)CN1CCC(C(F)(F)F)CC1. The summed E-state index contributed by atoms with van der Waals surface area (Å²) in [6.07, 6.45) is -2.48. The van der Waals surface area contributed by atoms with E-state index in [-0.39, 0.29) is 18.3 Å². The molecule has 1 heterocycles. The molecule has 0 spiro atoms. The summed E-state index contributed by atoms with van der Waals surface area (Å²) in [5, 5.41) is 3.45. The molecule has 0 radical (unpaired) electrons. The average Bonchev–Trinajstić information content (AvgIpc) is 2.36. The van der Waals surface area contributed by atoms with E-state index < -0.39 is 12.1 Å². The fraction of sp³-hybridized carbons (Fsp3) is 1.00. The quantitative estimate of drug-likeness (QED) is 0.804. The molecule has 0 aromatic heterocycles. The topological polar surface area (TPSA) is 15.3 Å². The highest BCUT2D eigenvalue weighted by molar-refractivity contribution is 4.84. The standard InChI is InChI=1S/C15H29F3N2/c1-5-14(4,10-19-12(2)3)11-20-8-6-13(7-9-20)15(16,17)18/h12-13,19H,5-11H2,1-4H3. The molecule has 1 saturated heterocycles. The van der Waals surface area contributed by atoms with Crippen molar-refractivity contribution in [3.05, 3.63) is 0 Å². The lowest BCUT2D eigenvalue weighted by Gasteiger charge is -2.39. The maximum Gasteiger partial charge on any atom is 0.391 e. The summed E-state index contributed by atoms with van der Waals surface area (Å²) in [5.41, 5.74) is 0.134. The Morgan fingerprint density at radius 3 is 2.15 bits per heavy atom. The Morgan fingerprint density at radius 1 is 1.20 bits per heavy atom. The van der Waals surface area contributed by atoms with Crippen LogP contribution in [0.5, 0.6) is 0 Å². The summed E-state index contributed by atoms with van der Waals surface area (Å²) in [7, 11) is 0. The van der Waals surface area contributed by atoms with Crippen LogP contribution in [0.2, 0.25) is 0 Å². The summed E-state index contributed by atoms with van der Waals surface area (Å²) in [4.78, 5) is 2.20. The van der Waals surface area contributed by atoms with Crippen molar-refractivity contribution in [3.8, 4) is 0 Å². The molecule has 1 N–H and O–H groups in total. The largest absolute Gasteiger partial charge is 0.391 e. The summed E-state index contributed by atoms with van der Waals surface area (Å²) in [6.45, 7) is 11.6. The van der Waals surface area contributed by atoms with Crippen LogP contribution in [0.3, 0.4) is 0 Å². The van der Waals surface area contributed by atoms with Gasteiger partial charge < -0.3 is 10.2 Å². The second-order valence-corrected chi connectivity index (χ2v) is 6.79. The zero-order valence-electron chi connectivity index (χ0n) is 13.2. The van der Waals surface area contributed by atoms with Gasteiger partial charge in [0.25, 0.3) is 0 Å². The molecule has 0 saturated carbocycles. The maximum atomic E-state index is 12.7. The Hall–Kier alpha value is -0.290. The summed E-state index contributed by atoms with van der Waals surface area (Å²) >= 11 is 0. The monoisotopic (exact) mass is 294 g/mol. The molecular formula is C15H29F3N2. The van der Waals surface area contributed by atoms with E-state index in [1.54, 1.807) is 0 Å². The molecule has 1 fully saturated rings. The number of halogens is 3.